The van der Waals surface area contributed by atoms with Gasteiger partial charge < -0.3 is 19.5 Å². The van der Waals surface area contributed by atoms with Crippen LogP contribution in [0.15, 0.2) is 18.2 Å². The van der Waals surface area contributed by atoms with Gasteiger partial charge in [-0.15, -0.1) is 0 Å². The molecule has 2 aliphatic heterocycles. The van der Waals surface area contributed by atoms with Crippen LogP contribution >= 0.6 is 0 Å². The number of carbonyl (C=O) groups is 2. The second kappa shape index (κ2) is 7.53. The maximum atomic E-state index is 11.9. The van der Waals surface area contributed by atoms with Crippen LogP contribution < -0.4 is 20.1 Å². The number of nitrogens with zero attached hydrogens (tertiary/aromatic N) is 2. The molecule has 2 fully saturated rings. The summed E-state index contributed by atoms with van der Waals surface area (Å²) in [6.07, 6.45) is -0.140. The fourth-order valence-corrected chi connectivity index (χ4v) is 3.26. The zero-order valence-corrected chi connectivity index (χ0v) is 15.1. The minimum Gasteiger partial charge on any atom is -0.489 e. The van der Waals surface area contributed by atoms with E-state index in [-0.39, 0.29) is 18.4 Å². The first-order valence-electron chi connectivity index (χ1n) is 9.02. The fraction of sp³-hybridized carbons (Fsp3) is 0.500. The smallest absolute Gasteiger partial charge is 0.297 e. The van der Waals surface area contributed by atoms with Crippen LogP contribution in [-0.2, 0) is 21.4 Å². The molecule has 0 radical (unpaired) electrons. The van der Waals surface area contributed by atoms with Crippen molar-refractivity contribution in [3.8, 4) is 11.8 Å². The highest BCUT2D eigenvalue weighted by Gasteiger charge is 2.30. The Morgan fingerprint density at radius 3 is 3.04 bits per heavy atom. The van der Waals surface area contributed by atoms with E-state index >= 15 is 0 Å². The maximum Gasteiger partial charge on any atom is 0.297 e. The monoisotopic (exact) mass is 374 g/mol. The molecule has 2 aliphatic rings. The number of carbonyl (C=O) groups excluding carboxylic acids is 2. The van der Waals surface area contributed by atoms with E-state index in [0.717, 1.165) is 18.6 Å². The van der Waals surface area contributed by atoms with E-state index in [2.05, 4.69) is 15.6 Å². The van der Waals surface area contributed by atoms with Gasteiger partial charge in [-0.3, -0.25) is 19.5 Å². The summed E-state index contributed by atoms with van der Waals surface area (Å²) in [7, 11) is 1.81. The number of fused-ring (bicyclic) bond motifs is 1. The van der Waals surface area contributed by atoms with Gasteiger partial charge in [-0.2, -0.15) is 4.98 Å². The third kappa shape index (κ3) is 3.74. The molecule has 0 aliphatic carbocycles. The van der Waals surface area contributed by atoms with Crippen molar-refractivity contribution >= 4 is 22.8 Å². The van der Waals surface area contributed by atoms with Crippen LogP contribution in [0.5, 0.6) is 11.8 Å². The van der Waals surface area contributed by atoms with Crippen LogP contribution in [0.3, 0.4) is 0 Å². The minimum absolute atomic E-state index is 0.00132. The Kier molecular flexibility index (Phi) is 4.95. The van der Waals surface area contributed by atoms with Crippen molar-refractivity contribution in [2.24, 2.45) is 7.05 Å². The van der Waals surface area contributed by atoms with E-state index < -0.39 is 12.0 Å². The molecule has 2 N–H and O–H groups in total. The molecule has 0 bridgehead atoms. The summed E-state index contributed by atoms with van der Waals surface area (Å²) >= 11 is 0. The molecule has 3 heterocycles. The number of morpholine rings is 1. The first kappa shape index (κ1) is 17.7. The Morgan fingerprint density at radius 1 is 1.37 bits per heavy atom. The Hall–Kier alpha value is -2.65. The highest BCUT2D eigenvalue weighted by molar-refractivity contribution is 5.99. The number of hydrogen-bond donors (Lipinski definition) is 2. The molecule has 1 unspecified atom stereocenters. The zero-order valence-electron chi connectivity index (χ0n) is 15.1. The number of amides is 2. The van der Waals surface area contributed by atoms with Crippen molar-refractivity contribution in [3.05, 3.63) is 18.2 Å². The van der Waals surface area contributed by atoms with Gasteiger partial charge in [0.15, 0.2) is 6.10 Å². The van der Waals surface area contributed by atoms with Crippen LogP contribution in [0.1, 0.15) is 12.8 Å². The van der Waals surface area contributed by atoms with Crippen LogP contribution in [0.4, 0.5) is 0 Å². The lowest BCUT2D eigenvalue weighted by molar-refractivity contribution is -0.139. The predicted octanol–water partition coefficient (Wildman–Crippen LogP) is 0.125. The molecule has 0 saturated carbocycles. The van der Waals surface area contributed by atoms with Crippen LogP contribution in [0, 0.1) is 0 Å². The van der Waals surface area contributed by atoms with Gasteiger partial charge in [-0.05, 0) is 12.1 Å². The van der Waals surface area contributed by atoms with E-state index in [1.54, 1.807) is 4.57 Å². The summed E-state index contributed by atoms with van der Waals surface area (Å²) < 4.78 is 19.2. The standard InChI is InChI=1S/C18H22N4O5/c1-22-16-12(20-18(22)27-14-5-6-15(23)21-17(14)24)3-2-4-13(16)26-10-11-9-19-7-8-25-11/h2-4,11,14,19H,5-10H2,1H3,(H,21,23,24)/t11-,14?/m1/s1. The first-order valence-corrected chi connectivity index (χ1v) is 9.02. The maximum absolute atomic E-state index is 11.9. The molecule has 4 rings (SSSR count). The average molecular weight is 374 g/mol. The van der Waals surface area contributed by atoms with Crippen molar-refractivity contribution in [3.63, 3.8) is 0 Å². The molecule has 1 aromatic carbocycles. The number of imide groups is 1. The second-order valence-corrected chi connectivity index (χ2v) is 6.64. The third-order valence-electron chi connectivity index (χ3n) is 4.68. The van der Waals surface area contributed by atoms with Gasteiger partial charge in [0.1, 0.15) is 24.0 Å². The Bertz CT molecular complexity index is 859. The summed E-state index contributed by atoms with van der Waals surface area (Å²) in [5.74, 6) is -0.0357. The lowest BCUT2D eigenvalue weighted by Crippen LogP contribution is -2.46. The van der Waals surface area contributed by atoms with E-state index in [1.807, 2.05) is 25.2 Å². The quantitative estimate of drug-likeness (QED) is 0.717. The highest BCUT2D eigenvalue weighted by atomic mass is 16.5. The van der Waals surface area contributed by atoms with E-state index in [4.69, 9.17) is 14.2 Å². The van der Waals surface area contributed by atoms with Crippen molar-refractivity contribution in [1.82, 2.24) is 20.2 Å². The van der Waals surface area contributed by atoms with E-state index in [1.165, 1.54) is 0 Å². The molecular formula is C18H22N4O5. The minimum atomic E-state index is -0.732. The van der Waals surface area contributed by atoms with Gasteiger partial charge in [-0.25, -0.2) is 0 Å². The number of imidazole rings is 1. The van der Waals surface area contributed by atoms with Crippen LogP contribution in [0.2, 0.25) is 0 Å². The predicted molar refractivity (Wildman–Crippen MR) is 95.6 cm³/mol. The number of rotatable bonds is 5. The number of aromatic nitrogens is 2. The third-order valence-corrected chi connectivity index (χ3v) is 4.68. The van der Waals surface area contributed by atoms with Gasteiger partial charge in [-0.1, -0.05) is 6.07 Å². The number of hydrogen-bond acceptors (Lipinski definition) is 7. The Labute approximate surface area is 156 Å². The highest BCUT2D eigenvalue weighted by Crippen LogP contribution is 2.30. The van der Waals surface area contributed by atoms with E-state index in [9.17, 15) is 9.59 Å². The van der Waals surface area contributed by atoms with Crippen molar-refractivity contribution < 1.29 is 23.8 Å². The SMILES string of the molecule is Cn1c(OC2CCC(=O)NC2=O)nc2cccc(OC[C@H]3CNCCO3)c21. The second-order valence-electron chi connectivity index (χ2n) is 6.64. The lowest BCUT2D eigenvalue weighted by Gasteiger charge is -2.23. The summed E-state index contributed by atoms with van der Waals surface area (Å²) in [5, 5.41) is 5.56. The normalized spacial score (nSPS) is 23.3. The lowest BCUT2D eigenvalue weighted by atomic mass is 10.1. The molecule has 144 valence electrons. The van der Waals surface area contributed by atoms with Crippen LogP contribution in [0.25, 0.3) is 11.0 Å². The van der Waals surface area contributed by atoms with Gasteiger partial charge in [0.2, 0.25) is 5.91 Å². The number of benzene rings is 1. The van der Waals surface area contributed by atoms with Crippen molar-refractivity contribution in [1.29, 1.82) is 0 Å². The van der Waals surface area contributed by atoms with Gasteiger partial charge in [0.05, 0.1) is 12.1 Å². The Balaban J connectivity index is 1.52. The topological polar surface area (TPSA) is 104 Å². The zero-order chi connectivity index (χ0) is 18.8. The first-order chi connectivity index (χ1) is 13.1. The van der Waals surface area contributed by atoms with E-state index in [0.29, 0.717) is 36.9 Å². The molecule has 2 saturated heterocycles. The average Bonchev–Trinajstić information content (AvgIpc) is 2.99. The van der Waals surface area contributed by atoms with Crippen LogP contribution in [-0.4, -0.2) is 59.9 Å². The summed E-state index contributed by atoms with van der Waals surface area (Å²) in [5.41, 5.74) is 1.49. The molecule has 2 aromatic rings. The molecule has 9 heteroatoms. The summed E-state index contributed by atoms with van der Waals surface area (Å²) in [4.78, 5) is 27.7. The summed E-state index contributed by atoms with van der Waals surface area (Å²) in [6.45, 7) is 2.72. The van der Waals surface area contributed by atoms with Gasteiger partial charge >= 0.3 is 0 Å². The van der Waals surface area contributed by atoms with Crippen molar-refractivity contribution in [2.75, 3.05) is 26.3 Å². The molecular weight excluding hydrogens is 352 g/mol. The van der Waals surface area contributed by atoms with Gasteiger partial charge in [0, 0.05) is 33.0 Å². The molecule has 2 atom stereocenters. The number of aryl methyl sites for hydroxylation is 1. The largest absolute Gasteiger partial charge is 0.489 e. The molecule has 0 spiro atoms. The fourth-order valence-electron chi connectivity index (χ4n) is 3.26. The molecule has 2 amide bonds. The number of piperidine rings is 1. The number of para-hydroxylation sites is 1. The van der Waals surface area contributed by atoms with Crippen molar-refractivity contribution in [2.45, 2.75) is 25.0 Å². The van der Waals surface area contributed by atoms with Gasteiger partial charge in [0.25, 0.3) is 11.9 Å². The molecule has 27 heavy (non-hydrogen) atoms. The Morgan fingerprint density at radius 2 is 2.26 bits per heavy atom. The summed E-state index contributed by atoms with van der Waals surface area (Å²) in [6, 6.07) is 5.90. The number of nitrogens with one attached hydrogen (secondary N) is 2. The molecule has 1 aromatic heterocycles. The number of ether oxygens (including phenoxy) is 3. The molecule has 9 nitrogen and oxygen atoms in total.